The summed E-state index contributed by atoms with van der Waals surface area (Å²) in [5.41, 5.74) is 5.39. The highest BCUT2D eigenvalue weighted by Crippen LogP contribution is 2.41. The van der Waals surface area contributed by atoms with Crippen molar-refractivity contribution >= 4 is 22.3 Å². The van der Waals surface area contributed by atoms with Gasteiger partial charge >= 0.3 is 0 Å². The molecule has 36 heavy (non-hydrogen) atoms. The van der Waals surface area contributed by atoms with Crippen LogP contribution in [-0.2, 0) is 6.54 Å². The number of nitrogens with one attached hydrogen (secondary N) is 1. The van der Waals surface area contributed by atoms with Crippen LogP contribution in [0.3, 0.4) is 0 Å². The van der Waals surface area contributed by atoms with Crippen LogP contribution in [0.25, 0.3) is 38.1 Å². The van der Waals surface area contributed by atoms with E-state index < -0.39 is 5.82 Å². The summed E-state index contributed by atoms with van der Waals surface area (Å²) < 4.78 is 23.0. The molecule has 0 aliphatic carbocycles. The van der Waals surface area contributed by atoms with Crippen LogP contribution < -0.4 is 15.0 Å². The molecule has 4 heterocycles. The van der Waals surface area contributed by atoms with Crippen molar-refractivity contribution in [2.75, 3.05) is 38.2 Å². The van der Waals surface area contributed by atoms with Crippen LogP contribution >= 0.6 is 0 Å². The smallest absolute Gasteiger partial charge is 0.222 e. The summed E-state index contributed by atoms with van der Waals surface area (Å²) in [5, 5.41) is 4.46. The second-order valence-electron chi connectivity index (χ2n) is 9.67. The Labute approximate surface area is 210 Å². The number of ether oxygens (including phenoxy) is 1. The molecule has 2 aromatic heterocycles. The SMILES string of the molecule is [C-]#[N+]c1ccc(-c2c(-c3ccc4c(c3)OCCN4C)ncc3c2ccn3CC2CCNCC2)cc1F. The number of anilines is 1. The molecular formula is C29H28FN5O. The monoisotopic (exact) mass is 481 g/mol. The van der Waals surface area contributed by atoms with Crippen molar-refractivity contribution in [3.63, 3.8) is 0 Å². The number of piperidine rings is 1. The molecule has 6 rings (SSSR count). The van der Waals surface area contributed by atoms with Gasteiger partial charge in [-0.1, -0.05) is 18.2 Å². The third kappa shape index (κ3) is 3.98. The Kier molecular flexibility index (Phi) is 5.82. The van der Waals surface area contributed by atoms with Crippen molar-refractivity contribution < 1.29 is 9.13 Å². The highest BCUT2D eigenvalue weighted by atomic mass is 19.1. The van der Waals surface area contributed by atoms with Crippen LogP contribution in [-0.4, -0.2) is 42.8 Å². The Bertz CT molecular complexity index is 1480. The predicted molar refractivity (Wildman–Crippen MR) is 141 cm³/mol. The van der Waals surface area contributed by atoms with Gasteiger partial charge in [0.2, 0.25) is 5.69 Å². The average Bonchev–Trinajstić information content (AvgIpc) is 3.31. The van der Waals surface area contributed by atoms with Gasteiger partial charge < -0.3 is 19.5 Å². The van der Waals surface area contributed by atoms with E-state index in [4.69, 9.17) is 16.3 Å². The van der Waals surface area contributed by atoms with E-state index in [2.05, 4.69) is 51.1 Å². The zero-order chi connectivity index (χ0) is 24.6. The minimum absolute atomic E-state index is 0.0223. The first-order chi connectivity index (χ1) is 17.6. The molecule has 0 unspecified atom stereocenters. The molecular weight excluding hydrogens is 453 g/mol. The van der Waals surface area contributed by atoms with Crippen molar-refractivity contribution in [1.82, 2.24) is 14.9 Å². The molecule has 4 aromatic rings. The second kappa shape index (κ2) is 9.29. The fourth-order valence-corrected chi connectivity index (χ4v) is 5.43. The minimum Gasteiger partial charge on any atom is -0.490 e. The van der Waals surface area contributed by atoms with Crippen LogP contribution in [0.4, 0.5) is 15.8 Å². The largest absolute Gasteiger partial charge is 0.490 e. The van der Waals surface area contributed by atoms with Crippen LogP contribution in [0.15, 0.2) is 54.9 Å². The first kappa shape index (κ1) is 22.6. The van der Waals surface area contributed by atoms with Gasteiger partial charge in [0.25, 0.3) is 0 Å². The van der Waals surface area contributed by atoms with Crippen molar-refractivity contribution in [3.05, 3.63) is 72.1 Å². The molecule has 1 N–H and O–H groups in total. The number of pyridine rings is 1. The molecule has 182 valence electrons. The zero-order valence-corrected chi connectivity index (χ0v) is 20.3. The Morgan fingerprint density at radius 3 is 2.78 bits per heavy atom. The number of hydrogen-bond donors (Lipinski definition) is 1. The standard InChI is InChI=1S/C29H28FN5O/c1-31-24-5-3-20(15-23(24)30)28-22-9-12-35(18-19-7-10-32-11-8-19)26(22)17-33-29(28)21-4-6-25-27(16-21)36-14-13-34(25)2/h3-6,9,12,15-17,19,32H,7-8,10-11,13-14,18H2,2H3. The molecule has 1 saturated heterocycles. The van der Waals surface area contributed by atoms with Gasteiger partial charge in [-0.3, -0.25) is 4.98 Å². The van der Waals surface area contributed by atoms with Crippen molar-refractivity contribution in [3.8, 4) is 28.1 Å². The number of rotatable bonds is 4. The molecule has 0 bridgehead atoms. The summed E-state index contributed by atoms with van der Waals surface area (Å²) in [5.74, 6) is 0.928. The summed E-state index contributed by atoms with van der Waals surface area (Å²) in [4.78, 5) is 10.4. The normalized spacial score (nSPS) is 16.0. The molecule has 6 nitrogen and oxygen atoms in total. The lowest BCUT2D eigenvalue weighted by Crippen LogP contribution is -2.29. The topological polar surface area (TPSA) is 46.7 Å². The van der Waals surface area contributed by atoms with E-state index in [0.717, 1.165) is 78.2 Å². The van der Waals surface area contributed by atoms with Crippen LogP contribution in [0.1, 0.15) is 12.8 Å². The highest BCUT2D eigenvalue weighted by Gasteiger charge is 2.21. The van der Waals surface area contributed by atoms with Crippen molar-refractivity contribution in [2.24, 2.45) is 5.92 Å². The molecule has 0 atom stereocenters. The van der Waals surface area contributed by atoms with Gasteiger partial charge in [-0.15, -0.1) is 0 Å². The van der Waals surface area contributed by atoms with Crippen LogP contribution in [0, 0.1) is 18.3 Å². The number of aromatic nitrogens is 2. The maximum atomic E-state index is 14.8. The summed E-state index contributed by atoms with van der Waals surface area (Å²) >= 11 is 0. The maximum Gasteiger partial charge on any atom is 0.222 e. The number of halogens is 1. The van der Waals surface area contributed by atoms with Crippen molar-refractivity contribution in [2.45, 2.75) is 19.4 Å². The molecule has 0 amide bonds. The maximum absolute atomic E-state index is 14.8. The van der Waals surface area contributed by atoms with Gasteiger partial charge in [0, 0.05) is 36.3 Å². The third-order valence-electron chi connectivity index (χ3n) is 7.43. The fourth-order valence-electron chi connectivity index (χ4n) is 5.43. The molecule has 2 aliphatic heterocycles. The van der Waals surface area contributed by atoms with E-state index in [1.165, 1.54) is 6.07 Å². The first-order valence-electron chi connectivity index (χ1n) is 12.5. The summed E-state index contributed by atoms with van der Waals surface area (Å²) in [7, 11) is 2.06. The highest BCUT2D eigenvalue weighted by molar-refractivity contribution is 6.02. The number of hydrogen-bond acceptors (Lipinski definition) is 4. The Hall–Kier alpha value is -3.89. The lowest BCUT2D eigenvalue weighted by molar-refractivity contribution is 0.311. The van der Waals surface area contributed by atoms with Gasteiger partial charge in [-0.25, -0.2) is 9.24 Å². The van der Waals surface area contributed by atoms with Crippen LogP contribution in [0.2, 0.25) is 0 Å². The minimum atomic E-state index is -0.519. The molecule has 2 aromatic carbocycles. The molecule has 7 heteroatoms. The summed E-state index contributed by atoms with van der Waals surface area (Å²) in [6, 6.07) is 13.1. The number of benzene rings is 2. The van der Waals surface area contributed by atoms with E-state index in [9.17, 15) is 4.39 Å². The van der Waals surface area contributed by atoms with Gasteiger partial charge in [-0.05, 0) is 61.7 Å². The van der Waals surface area contributed by atoms with Gasteiger partial charge in [-0.2, -0.15) is 0 Å². The Morgan fingerprint density at radius 1 is 1.14 bits per heavy atom. The summed E-state index contributed by atoms with van der Waals surface area (Å²) in [6.45, 7) is 11.8. The van der Waals surface area contributed by atoms with E-state index >= 15 is 0 Å². The van der Waals surface area contributed by atoms with Gasteiger partial charge in [0.05, 0.1) is 36.2 Å². The first-order valence-corrected chi connectivity index (χ1v) is 12.5. The van der Waals surface area contributed by atoms with E-state index in [-0.39, 0.29) is 5.69 Å². The second-order valence-corrected chi connectivity index (χ2v) is 9.67. The number of nitrogens with zero attached hydrogens (tertiary/aromatic N) is 4. The molecule has 1 fully saturated rings. The number of fused-ring (bicyclic) bond motifs is 2. The summed E-state index contributed by atoms with van der Waals surface area (Å²) in [6.07, 6.45) is 6.37. The molecule has 0 saturated carbocycles. The predicted octanol–water partition coefficient (Wildman–Crippen LogP) is 5.89. The quantitative estimate of drug-likeness (QED) is 0.369. The molecule has 2 aliphatic rings. The fraction of sp³-hybridized carbons (Fsp3) is 0.310. The Morgan fingerprint density at radius 2 is 1.97 bits per heavy atom. The van der Waals surface area contributed by atoms with Crippen LogP contribution in [0.5, 0.6) is 5.75 Å². The van der Waals surface area contributed by atoms with E-state index in [0.29, 0.717) is 18.1 Å². The van der Waals surface area contributed by atoms with E-state index in [1.807, 2.05) is 18.3 Å². The molecule has 0 radical (unpaired) electrons. The van der Waals surface area contributed by atoms with Gasteiger partial charge in [0.15, 0.2) is 0 Å². The van der Waals surface area contributed by atoms with E-state index in [1.54, 1.807) is 6.07 Å². The molecule has 0 spiro atoms. The average molecular weight is 482 g/mol. The lowest BCUT2D eigenvalue weighted by Gasteiger charge is -2.28. The third-order valence-corrected chi connectivity index (χ3v) is 7.43. The zero-order valence-electron chi connectivity index (χ0n) is 20.3. The number of likely N-dealkylation sites (N-methyl/N-ethyl adjacent to an activating group) is 1. The lowest BCUT2D eigenvalue weighted by atomic mass is 9.95. The Balaban J connectivity index is 1.51. The van der Waals surface area contributed by atoms with Crippen molar-refractivity contribution in [1.29, 1.82) is 0 Å². The van der Waals surface area contributed by atoms with Gasteiger partial charge in [0.1, 0.15) is 18.2 Å².